The first-order valence-electron chi connectivity index (χ1n) is 7.31. The molecule has 0 amide bonds. The van der Waals surface area contributed by atoms with Crippen molar-refractivity contribution < 1.29 is 4.92 Å². The SMILES string of the molecule is O=[N+]([O-])c1ccc(CCNc2ccc3c(c2)CCC3)cc1. The van der Waals surface area contributed by atoms with Gasteiger partial charge in [0.25, 0.3) is 5.69 Å². The van der Waals surface area contributed by atoms with Crippen LogP contribution in [0.1, 0.15) is 23.1 Å². The Hall–Kier alpha value is -2.36. The van der Waals surface area contributed by atoms with Crippen LogP contribution >= 0.6 is 0 Å². The summed E-state index contributed by atoms with van der Waals surface area (Å²) in [7, 11) is 0. The van der Waals surface area contributed by atoms with Crippen molar-refractivity contribution in [3.8, 4) is 0 Å². The van der Waals surface area contributed by atoms with Gasteiger partial charge in [-0.25, -0.2) is 0 Å². The van der Waals surface area contributed by atoms with Crippen molar-refractivity contribution in [2.45, 2.75) is 25.7 Å². The van der Waals surface area contributed by atoms with Crippen molar-refractivity contribution in [2.24, 2.45) is 0 Å². The molecular weight excluding hydrogens is 264 g/mol. The van der Waals surface area contributed by atoms with E-state index < -0.39 is 0 Å². The zero-order valence-corrected chi connectivity index (χ0v) is 11.8. The molecule has 4 heteroatoms. The van der Waals surface area contributed by atoms with Crippen LogP contribution in [0.2, 0.25) is 0 Å². The second-order valence-corrected chi connectivity index (χ2v) is 5.44. The van der Waals surface area contributed by atoms with E-state index in [1.165, 1.54) is 30.4 Å². The van der Waals surface area contributed by atoms with E-state index in [9.17, 15) is 10.1 Å². The third-order valence-electron chi connectivity index (χ3n) is 3.99. The molecule has 3 rings (SSSR count). The minimum absolute atomic E-state index is 0.144. The largest absolute Gasteiger partial charge is 0.385 e. The number of benzene rings is 2. The van der Waals surface area contributed by atoms with Crippen LogP contribution in [0.15, 0.2) is 42.5 Å². The Morgan fingerprint density at radius 1 is 1.05 bits per heavy atom. The Balaban J connectivity index is 1.55. The predicted octanol–water partition coefficient (Wildman–Crippen LogP) is 3.74. The fourth-order valence-electron chi connectivity index (χ4n) is 2.82. The quantitative estimate of drug-likeness (QED) is 0.671. The minimum Gasteiger partial charge on any atom is -0.385 e. The maximum absolute atomic E-state index is 10.6. The van der Waals surface area contributed by atoms with Gasteiger partial charge in [0, 0.05) is 24.4 Å². The molecule has 0 aromatic heterocycles. The second-order valence-electron chi connectivity index (χ2n) is 5.44. The Bertz CT molecular complexity index is 650. The predicted molar refractivity (Wildman–Crippen MR) is 83.8 cm³/mol. The van der Waals surface area contributed by atoms with Crippen molar-refractivity contribution in [1.29, 1.82) is 0 Å². The maximum atomic E-state index is 10.6. The number of rotatable bonds is 5. The standard InChI is InChI=1S/C17H18N2O2/c20-19(21)17-8-4-13(5-9-17)10-11-18-16-7-6-14-2-1-3-15(14)12-16/h4-9,12,18H,1-3,10-11H2. The van der Waals surface area contributed by atoms with E-state index in [-0.39, 0.29) is 10.6 Å². The third kappa shape index (κ3) is 3.21. The van der Waals surface area contributed by atoms with Gasteiger partial charge in [0.2, 0.25) is 0 Å². The molecule has 4 nitrogen and oxygen atoms in total. The molecule has 1 aliphatic carbocycles. The van der Waals surface area contributed by atoms with E-state index in [0.717, 1.165) is 24.2 Å². The molecule has 0 atom stereocenters. The highest BCUT2D eigenvalue weighted by Gasteiger charge is 2.10. The van der Waals surface area contributed by atoms with Gasteiger partial charge in [-0.2, -0.15) is 0 Å². The van der Waals surface area contributed by atoms with E-state index in [4.69, 9.17) is 0 Å². The molecule has 0 saturated carbocycles. The number of nitrogens with zero attached hydrogens (tertiary/aromatic N) is 1. The zero-order valence-electron chi connectivity index (χ0n) is 11.8. The first-order valence-corrected chi connectivity index (χ1v) is 7.31. The van der Waals surface area contributed by atoms with Crippen molar-refractivity contribution in [3.63, 3.8) is 0 Å². The maximum Gasteiger partial charge on any atom is 0.269 e. The van der Waals surface area contributed by atoms with Gasteiger partial charge >= 0.3 is 0 Å². The number of nitro benzene ring substituents is 1. The number of non-ortho nitro benzene ring substituents is 1. The Labute approximate surface area is 124 Å². The van der Waals surface area contributed by atoms with Crippen molar-refractivity contribution in [2.75, 3.05) is 11.9 Å². The summed E-state index contributed by atoms with van der Waals surface area (Å²) >= 11 is 0. The van der Waals surface area contributed by atoms with E-state index >= 15 is 0 Å². The summed E-state index contributed by atoms with van der Waals surface area (Å²) < 4.78 is 0. The average molecular weight is 282 g/mol. The summed E-state index contributed by atoms with van der Waals surface area (Å²) in [6.45, 7) is 0.830. The van der Waals surface area contributed by atoms with E-state index in [0.29, 0.717) is 0 Å². The highest BCUT2D eigenvalue weighted by molar-refractivity contribution is 5.50. The molecule has 0 heterocycles. The van der Waals surface area contributed by atoms with Crippen LogP contribution in [0.4, 0.5) is 11.4 Å². The van der Waals surface area contributed by atoms with Gasteiger partial charge in [0.15, 0.2) is 0 Å². The first-order chi connectivity index (χ1) is 10.2. The van der Waals surface area contributed by atoms with Crippen LogP contribution in [-0.2, 0) is 19.3 Å². The Kier molecular flexibility index (Phi) is 3.86. The number of aryl methyl sites for hydroxylation is 2. The topological polar surface area (TPSA) is 55.2 Å². The molecule has 0 aliphatic heterocycles. The van der Waals surface area contributed by atoms with Crippen LogP contribution in [0, 0.1) is 10.1 Å². The van der Waals surface area contributed by atoms with Crippen molar-refractivity contribution in [3.05, 3.63) is 69.3 Å². The molecule has 0 spiro atoms. The van der Waals surface area contributed by atoms with E-state index in [1.54, 1.807) is 12.1 Å². The molecule has 0 unspecified atom stereocenters. The molecule has 2 aromatic carbocycles. The van der Waals surface area contributed by atoms with Gasteiger partial charge in [0.05, 0.1) is 4.92 Å². The van der Waals surface area contributed by atoms with Gasteiger partial charge in [-0.1, -0.05) is 18.2 Å². The highest BCUT2D eigenvalue weighted by atomic mass is 16.6. The molecule has 108 valence electrons. The lowest BCUT2D eigenvalue weighted by atomic mass is 10.1. The number of nitrogens with one attached hydrogen (secondary N) is 1. The monoisotopic (exact) mass is 282 g/mol. The first kappa shape index (κ1) is 13.6. The fourth-order valence-corrected chi connectivity index (χ4v) is 2.82. The fraction of sp³-hybridized carbons (Fsp3) is 0.294. The summed E-state index contributed by atoms with van der Waals surface area (Å²) in [5.41, 5.74) is 5.36. The molecule has 0 saturated heterocycles. The van der Waals surface area contributed by atoms with Crippen LogP contribution in [0.25, 0.3) is 0 Å². The van der Waals surface area contributed by atoms with Gasteiger partial charge in [-0.05, 0) is 54.5 Å². The lowest BCUT2D eigenvalue weighted by Crippen LogP contribution is -2.05. The smallest absolute Gasteiger partial charge is 0.269 e. The second kappa shape index (κ2) is 5.95. The number of anilines is 1. The molecule has 1 aliphatic rings. The van der Waals surface area contributed by atoms with Crippen molar-refractivity contribution >= 4 is 11.4 Å². The van der Waals surface area contributed by atoms with Gasteiger partial charge < -0.3 is 5.32 Å². The van der Waals surface area contributed by atoms with Crippen LogP contribution in [-0.4, -0.2) is 11.5 Å². The average Bonchev–Trinajstić information content (AvgIpc) is 2.95. The van der Waals surface area contributed by atoms with E-state index in [2.05, 4.69) is 23.5 Å². The molecule has 0 fully saturated rings. The normalized spacial score (nSPS) is 13.0. The van der Waals surface area contributed by atoms with Crippen LogP contribution in [0.5, 0.6) is 0 Å². The third-order valence-corrected chi connectivity index (χ3v) is 3.99. The summed E-state index contributed by atoms with van der Waals surface area (Å²) in [5.74, 6) is 0. The molecule has 21 heavy (non-hydrogen) atoms. The van der Waals surface area contributed by atoms with Gasteiger partial charge in [-0.15, -0.1) is 0 Å². The number of nitro groups is 1. The Morgan fingerprint density at radius 3 is 2.57 bits per heavy atom. The van der Waals surface area contributed by atoms with E-state index in [1.807, 2.05) is 12.1 Å². The summed E-state index contributed by atoms with van der Waals surface area (Å²) in [6.07, 6.45) is 4.52. The summed E-state index contributed by atoms with van der Waals surface area (Å²) in [4.78, 5) is 10.2. The summed E-state index contributed by atoms with van der Waals surface area (Å²) in [5, 5.41) is 14.0. The minimum atomic E-state index is -0.368. The van der Waals surface area contributed by atoms with Gasteiger partial charge in [0.1, 0.15) is 0 Å². The molecular formula is C17H18N2O2. The van der Waals surface area contributed by atoms with Crippen LogP contribution in [0.3, 0.4) is 0 Å². The van der Waals surface area contributed by atoms with Crippen molar-refractivity contribution in [1.82, 2.24) is 0 Å². The summed E-state index contributed by atoms with van der Waals surface area (Å²) in [6, 6.07) is 13.4. The lowest BCUT2D eigenvalue weighted by Gasteiger charge is -2.08. The van der Waals surface area contributed by atoms with Crippen LogP contribution < -0.4 is 5.32 Å². The molecule has 0 radical (unpaired) electrons. The highest BCUT2D eigenvalue weighted by Crippen LogP contribution is 2.24. The zero-order chi connectivity index (χ0) is 14.7. The number of fused-ring (bicyclic) bond motifs is 1. The molecule has 1 N–H and O–H groups in total. The number of hydrogen-bond acceptors (Lipinski definition) is 3. The Morgan fingerprint density at radius 2 is 1.81 bits per heavy atom. The molecule has 2 aromatic rings. The lowest BCUT2D eigenvalue weighted by molar-refractivity contribution is -0.384. The number of hydrogen-bond donors (Lipinski definition) is 1. The van der Waals surface area contributed by atoms with Gasteiger partial charge in [-0.3, -0.25) is 10.1 Å². The molecule has 0 bridgehead atoms.